The van der Waals surface area contributed by atoms with Gasteiger partial charge < -0.3 is 16.2 Å². The molecule has 0 saturated carbocycles. The van der Waals surface area contributed by atoms with Crippen molar-refractivity contribution in [1.29, 1.82) is 0 Å². The largest absolute Gasteiger partial charge is 0.396 e. The maximum atomic E-state index is 12.1. The summed E-state index contributed by atoms with van der Waals surface area (Å²) >= 11 is 0. The molecule has 1 fully saturated rings. The Balaban J connectivity index is 1.88. The third kappa shape index (κ3) is 5.89. The van der Waals surface area contributed by atoms with Crippen molar-refractivity contribution in [3.63, 3.8) is 0 Å². The van der Waals surface area contributed by atoms with Gasteiger partial charge >= 0.3 is 0 Å². The number of hydrogen-bond acceptors (Lipinski definition) is 4. The van der Waals surface area contributed by atoms with Gasteiger partial charge in [-0.1, -0.05) is 26.0 Å². The van der Waals surface area contributed by atoms with E-state index in [1.807, 2.05) is 18.2 Å². The first-order chi connectivity index (χ1) is 11.5. The molecule has 0 radical (unpaired) electrons. The fraction of sp³-hybridized carbons (Fsp3) is 0.632. The molecule has 0 unspecified atom stereocenters. The third-order valence-electron chi connectivity index (χ3n) is 4.63. The predicted molar refractivity (Wildman–Crippen MR) is 97.6 cm³/mol. The number of carbonyl (C=O) groups is 1. The zero-order valence-electron chi connectivity index (χ0n) is 14.9. The molecule has 134 valence electrons. The summed E-state index contributed by atoms with van der Waals surface area (Å²) in [5, 5.41) is 12.1. The number of aliphatic hydroxyl groups excluding tert-OH is 1. The molecule has 1 aliphatic rings. The summed E-state index contributed by atoms with van der Waals surface area (Å²) < 4.78 is 0. The van der Waals surface area contributed by atoms with Gasteiger partial charge in [0.15, 0.2) is 0 Å². The lowest BCUT2D eigenvalue weighted by Gasteiger charge is -2.31. The highest BCUT2D eigenvalue weighted by atomic mass is 16.3. The van der Waals surface area contributed by atoms with E-state index in [1.165, 1.54) is 5.56 Å². The summed E-state index contributed by atoms with van der Waals surface area (Å²) in [7, 11) is 0. The molecule has 1 aromatic carbocycles. The zero-order chi connectivity index (χ0) is 17.5. The molecule has 4 N–H and O–H groups in total. The molecule has 0 aromatic heterocycles. The highest BCUT2D eigenvalue weighted by molar-refractivity contribution is 5.94. The molecule has 1 atom stereocenters. The maximum absolute atomic E-state index is 12.1. The third-order valence-corrected chi connectivity index (χ3v) is 4.63. The van der Waals surface area contributed by atoms with Crippen LogP contribution in [0.2, 0.25) is 0 Å². The van der Waals surface area contributed by atoms with E-state index in [1.54, 1.807) is 0 Å². The van der Waals surface area contributed by atoms with E-state index in [0.29, 0.717) is 24.9 Å². The van der Waals surface area contributed by atoms with Crippen LogP contribution in [0.25, 0.3) is 0 Å². The van der Waals surface area contributed by atoms with Crippen molar-refractivity contribution < 1.29 is 9.90 Å². The van der Waals surface area contributed by atoms with Crippen LogP contribution in [0, 0.1) is 11.8 Å². The van der Waals surface area contributed by atoms with Crippen LogP contribution in [0.3, 0.4) is 0 Å². The van der Waals surface area contributed by atoms with Gasteiger partial charge in [0.2, 0.25) is 5.91 Å². The summed E-state index contributed by atoms with van der Waals surface area (Å²) in [5.41, 5.74) is 7.93. The zero-order valence-corrected chi connectivity index (χ0v) is 14.9. The highest BCUT2D eigenvalue weighted by Crippen LogP contribution is 2.20. The Morgan fingerprint density at radius 2 is 2.08 bits per heavy atom. The van der Waals surface area contributed by atoms with E-state index >= 15 is 0 Å². The molecule has 0 spiro atoms. The summed E-state index contributed by atoms with van der Waals surface area (Å²) in [5.74, 6) is 0.734. The molecule has 2 rings (SSSR count). The molecule has 1 aromatic rings. The second-order valence-corrected chi connectivity index (χ2v) is 7.33. The Hall–Kier alpha value is -1.43. The van der Waals surface area contributed by atoms with Crippen LogP contribution in [0.5, 0.6) is 0 Å². The van der Waals surface area contributed by atoms with Crippen LogP contribution < -0.4 is 11.1 Å². The Bertz CT molecular complexity index is 525. The first kappa shape index (κ1) is 18.9. The number of likely N-dealkylation sites (tertiary alicyclic amines) is 1. The fourth-order valence-electron chi connectivity index (χ4n) is 3.18. The van der Waals surface area contributed by atoms with Gasteiger partial charge in [-0.25, -0.2) is 0 Å². The summed E-state index contributed by atoms with van der Waals surface area (Å²) in [6.45, 7) is 7.33. The van der Waals surface area contributed by atoms with Crippen LogP contribution in [0.1, 0.15) is 38.7 Å². The average Bonchev–Trinajstić information content (AvgIpc) is 2.55. The van der Waals surface area contributed by atoms with Gasteiger partial charge in [-0.15, -0.1) is 0 Å². The van der Waals surface area contributed by atoms with Crippen LogP contribution in [-0.4, -0.2) is 41.7 Å². The SMILES string of the molecule is CC(C)C[C@H](N)C(=O)Nc1cccc(CN2CCC(CO)CC2)c1. The number of rotatable bonds is 7. The number of carbonyl (C=O) groups excluding carboxylic acids is 1. The Kier molecular flexibility index (Phi) is 7.21. The van der Waals surface area contributed by atoms with Crippen molar-refractivity contribution in [2.45, 2.75) is 45.7 Å². The van der Waals surface area contributed by atoms with Crippen LogP contribution >= 0.6 is 0 Å². The molecule has 1 amide bonds. The Morgan fingerprint density at radius 3 is 2.71 bits per heavy atom. The van der Waals surface area contributed by atoms with E-state index in [9.17, 15) is 9.90 Å². The number of hydrogen-bond donors (Lipinski definition) is 3. The number of amides is 1. The Labute approximate surface area is 145 Å². The van der Waals surface area contributed by atoms with Crippen LogP contribution in [0.15, 0.2) is 24.3 Å². The minimum absolute atomic E-state index is 0.121. The number of piperidine rings is 1. The van der Waals surface area contributed by atoms with Crippen molar-refractivity contribution >= 4 is 11.6 Å². The number of nitrogens with two attached hydrogens (primary N) is 1. The van der Waals surface area contributed by atoms with E-state index in [2.05, 4.69) is 30.1 Å². The molecular formula is C19H31N3O2. The van der Waals surface area contributed by atoms with Gasteiger partial charge in [0, 0.05) is 18.8 Å². The van der Waals surface area contributed by atoms with Crippen molar-refractivity contribution in [2.24, 2.45) is 17.6 Å². The minimum atomic E-state index is -0.467. The van der Waals surface area contributed by atoms with Gasteiger partial charge in [0.25, 0.3) is 0 Å². The number of benzene rings is 1. The summed E-state index contributed by atoms with van der Waals surface area (Å²) in [4.78, 5) is 14.5. The van der Waals surface area contributed by atoms with Gasteiger partial charge in [-0.05, 0) is 61.9 Å². The molecule has 5 nitrogen and oxygen atoms in total. The van der Waals surface area contributed by atoms with E-state index in [4.69, 9.17) is 5.73 Å². The molecule has 0 bridgehead atoms. The van der Waals surface area contributed by atoms with E-state index < -0.39 is 6.04 Å². The predicted octanol–water partition coefficient (Wildman–Crippen LogP) is 2.20. The van der Waals surface area contributed by atoms with Crippen LogP contribution in [0.4, 0.5) is 5.69 Å². The minimum Gasteiger partial charge on any atom is -0.396 e. The fourth-order valence-corrected chi connectivity index (χ4v) is 3.18. The van der Waals surface area contributed by atoms with Crippen molar-refractivity contribution in [3.8, 4) is 0 Å². The molecule has 24 heavy (non-hydrogen) atoms. The van der Waals surface area contributed by atoms with Crippen molar-refractivity contribution in [3.05, 3.63) is 29.8 Å². The van der Waals surface area contributed by atoms with E-state index in [-0.39, 0.29) is 5.91 Å². The second kappa shape index (κ2) is 9.16. The molecule has 1 aliphatic heterocycles. The molecule has 5 heteroatoms. The quantitative estimate of drug-likeness (QED) is 0.715. The number of aliphatic hydroxyl groups is 1. The van der Waals surface area contributed by atoms with Crippen molar-refractivity contribution in [1.82, 2.24) is 4.90 Å². The lowest BCUT2D eigenvalue weighted by Crippen LogP contribution is -2.36. The second-order valence-electron chi connectivity index (χ2n) is 7.33. The molecule has 0 aliphatic carbocycles. The summed E-state index contributed by atoms with van der Waals surface area (Å²) in [6, 6.07) is 7.52. The smallest absolute Gasteiger partial charge is 0.241 e. The normalized spacial score (nSPS) is 17.9. The van der Waals surface area contributed by atoms with Gasteiger partial charge in [0.05, 0.1) is 6.04 Å². The van der Waals surface area contributed by atoms with Gasteiger partial charge in [0.1, 0.15) is 0 Å². The lowest BCUT2D eigenvalue weighted by atomic mass is 9.97. The number of anilines is 1. The lowest BCUT2D eigenvalue weighted by molar-refractivity contribution is -0.117. The molecule has 1 saturated heterocycles. The molecular weight excluding hydrogens is 302 g/mol. The van der Waals surface area contributed by atoms with Crippen LogP contribution in [-0.2, 0) is 11.3 Å². The van der Waals surface area contributed by atoms with Gasteiger partial charge in [-0.3, -0.25) is 9.69 Å². The maximum Gasteiger partial charge on any atom is 0.241 e. The first-order valence-corrected chi connectivity index (χ1v) is 8.96. The number of nitrogens with one attached hydrogen (secondary N) is 1. The van der Waals surface area contributed by atoms with Gasteiger partial charge in [-0.2, -0.15) is 0 Å². The molecule has 1 heterocycles. The monoisotopic (exact) mass is 333 g/mol. The standard InChI is InChI=1S/C19H31N3O2/c1-14(2)10-18(20)19(24)21-17-5-3-4-16(11-17)12-22-8-6-15(13-23)7-9-22/h3-5,11,14-15,18,23H,6-10,12-13,20H2,1-2H3,(H,21,24)/t18-/m0/s1. The van der Waals surface area contributed by atoms with E-state index in [0.717, 1.165) is 38.2 Å². The summed E-state index contributed by atoms with van der Waals surface area (Å²) in [6.07, 6.45) is 2.79. The average molecular weight is 333 g/mol. The number of nitrogens with zero attached hydrogens (tertiary/aromatic N) is 1. The highest BCUT2D eigenvalue weighted by Gasteiger charge is 2.19. The first-order valence-electron chi connectivity index (χ1n) is 8.96. The Morgan fingerprint density at radius 1 is 1.38 bits per heavy atom. The topological polar surface area (TPSA) is 78.6 Å². The van der Waals surface area contributed by atoms with Crippen molar-refractivity contribution in [2.75, 3.05) is 25.0 Å².